The van der Waals surface area contributed by atoms with Crippen molar-refractivity contribution in [1.82, 2.24) is 4.90 Å². The molecule has 1 heterocycles. The molecule has 130 valence electrons. The van der Waals surface area contributed by atoms with Crippen LogP contribution in [0.5, 0.6) is 0 Å². The molecule has 0 aromatic heterocycles. The maximum atomic E-state index is 12.5. The van der Waals surface area contributed by atoms with Gasteiger partial charge in [-0.05, 0) is 42.7 Å². The van der Waals surface area contributed by atoms with Crippen LogP contribution in [0.4, 0.5) is 5.69 Å². The zero-order valence-corrected chi connectivity index (χ0v) is 14.2. The van der Waals surface area contributed by atoms with Crippen molar-refractivity contribution >= 4 is 17.5 Å². The molecule has 0 saturated carbocycles. The minimum absolute atomic E-state index is 0.0551. The van der Waals surface area contributed by atoms with Crippen LogP contribution in [0.15, 0.2) is 54.6 Å². The zero-order valence-electron chi connectivity index (χ0n) is 14.2. The molecule has 1 aliphatic rings. The molecule has 25 heavy (non-hydrogen) atoms. The minimum atomic E-state index is -0.396. The van der Waals surface area contributed by atoms with Gasteiger partial charge in [-0.3, -0.25) is 9.59 Å². The Labute approximate surface area is 147 Å². The number of nitrogens with zero attached hydrogens (tertiary/aromatic N) is 1. The molecule has 2 amide bonds. The average Bonchev–Trinajstić information content (AvgIpc) is 3.18. The summed E-state index contributed by atoms with van der Waals surface area (Å²) in [7, 11) is 0. The Morgan fingerprint density at radius 3 is 2.24 bits per heavy atom. The molecule has 0 bridgehead atoms. The maximum absolute atomic E-state index is 12.5. The Kier molecular flexibility index (Phi) is 5.46. The summed E-state index contributed by atoms with van der Waals surface area (Å²) >= 11 is 0. The molecule has 2 aromatic carbocycles. The van der Waals surface area contributed by atoms with Gasteiger partial charge in [0.05, 0.1) is 5.92 Å². The SMILES string of the molecule is NCC(C(=O)Nc1ccc(C(=O)N2CCCC2)cc1)c1ccccc1. The van der Waals surface area contributed by atoms with Crippen molar-refractivity contribution in [2.45, 2.75) is 18.8 Å². The van der Waals surface area contributed by atoms with E-state index in [9.17, 15) is 9.59 Å². The first kappa shape index (κ1) is 17.2. The molecule has 3 rings (SSSR count). The molecule has 1 saturated heterocycles. The first-order valence-electron chi connectivity index (χ1n) is 8.64. The summed E-state index contributed by atoms with van der Waals surface area (Å²) < 4.78 is 0. The van der Waals surface area contributed by atoms with Crippen LogP contribution in [0, 0.1) is 0 Å². The second-order valence-corrected chi connectivity index (χ2v) is 6.26. The number of benzene rings is 2. The van der Waals surface area contributed by atoms with Gasteiger partial charge in [0.25, 0.3) is 5.91 Å². The average molecular weight is 337 g/mol. The summed E-state index contributed by atoms with van der Waals surface area (Å²) in [5, 5.41) is 2.88. The smallest absolute Gasteiger partial charge is 0.253 e. The summed E-state index contributed by atoms with van der Waals surface area (Å²) in [6.45, 7) is 1.89. The standard InChI is InChI=1S/C20H23N3O2/c21-14-18(15-6-2-1-3-7-15)19(24)22-17-10-8-16(9-11-17)20(25)23-12-4-5-13-23/h1-3,6-11,18H,4-5,12-14,21H2,(H,22,24). The summed E-state index contributed by atoms with van der Waals surface area (Å²) in [5.41, 5.74) is 7.99. The largest absolute Gasteiger partial charge is 0.339 e. The number of anilines is 1. The van der Waals surface area contributed by atoms with E-state index in [1.807, 2.05) is 35.2 Å². The van der Waals surface area contributed by atoms with Crippen molar-refractivity contribution < 1.29 is 9.59 Å². The summed E-state index contributed by atoms with van der Waals surface area (Å²) in [5.74, 6) is -0.487. The highest BCUT2D eigenvalue weighted by atomic mass is 16.2. The fourth-order valence-electron chi connectivity index (χ4n) is 3.11. The monoisotopic (exact) mass is 337 g/mol. The molecule has 2 aromatic rings. The first-order chi connectivity index (χ1) is 12.2. The van der Waals surface area contributed by atoms with Crippen molar-refractivity contribution in [1.29, 1.82) is 0 Å². The number of carbonyl (C=O) groups excluding carboxylic acids is 2. The summed E-state index contributed by atoms with van der Waals surface area (Å²) in [4.78, 5) is 26.7. The van der Waals surface area contributed by atoms with E-state index in [1.165, 1.54) is 0 Å². The van der Waals surface area contributed by atoms with E-state index in [1.54, 1.807) is 24.3 Å². The quantitative estimate of drug-likeness (QED) is 0.880. The normalized spacial score (nSPS) is 15.0. The number of likely N-dealkylation sites (tertiary alicyclic amines) is 1. The molecule has 3 N–H and O–H groups in total. The minimum Gasteiger partial charge on any atom is -0.339 e. The molecular formula is C20H23N3O2. The van der Waals surface area contributed by atoms with Gasteiger partial charge in [-0.15, -0.1) is 0 Å². The van der Waals surface area contributed by atoms with Crippen LogP contribution < -0.4 is 11.1 Å². The third kappa shape index (κ3) is 4.06. The number of rotatable bonds is 5. The number of carbonyl (C=O) groups is 2. The van der Waals surface area contributed by atoms with E-state index in [2.05, 4.69) is 5.32 Å². The third-order valence-electron chi connectivity index (χ3n) is 4.55. The van der Waals surface area contributed by atoms with Gasteiger partial charge in [-0.2, -0.15) is 0 Å². The van der Waals surface area contributed by atoms with Gasteiger partial charge < -0.3 is 16.0 Å². The van der Waals surface area contributed by atoms with E-state index in [0.29, 0.717) is 11.3 Å². The summed E-state index contributed by atoms with van der Waals surface area (Å²) in [6, 6.07) is 16.5. The van der Waals surface area contributed by atoms with E-state index < -0.39 is 5.92 Å². The van der Waals surface area contributed by atoms with Crippen LogP contribution in [0.2, 0.25) is 0 Å². The lowest BCUT2D eigenvalue weighted by atomic mass is 9.98. The van der Waals surface area contributed by atoms with Crippen LogP contribution in [-0.4, -0.2) is 36.3 Å². The number of nitrogens with one attached hydrogen (secondary N) is 1. The highest BCUT2D eigenvalue weighted by molar-refractivity contribution is 5.98. The predicted octanol–water partition coefficient (Wildman–Crippen LogP) is 2.60. The predicted molar refractivity (Wildman–Crippen MR) is 98.4 cm³/mol. The highest BCUT2D eigenvalue weighted by Gasteiger charge is 2.21. The molecule has 1 aliphatic heterocycles. The third-order valence-corrected chi connectivity index (χ3v) is 4.55. The number of hydrogen-bond acceptors (Lipinski definition) is 3. The van der Waals surface area contributed by atoms with Crippen molar-refractivity contribution in [2.24, 2.45) is 5.73 Å². The molecule has 0 aliphatic carbocycles. The van der Waals surface area contributed by atoms with Gasteiger partial charge in [0, 0.05) is 30.9 Å². The van der Waals surface area contributed by atoms with E-state index in [4.69, 9.17) is 5.73 Å². The highest BCUT2D eigenvalue weighted by Crippen LogP contribution is 2.19. The van der Waals surface area contributed by atoms with E-state index in [-0.39, 0.29) is 18.4 Å². The Balaban J connectivity index is 1.66. The van der Waals surface area contributed by atoms with Crippen LogP contribution >= 0.6 is 0 Å². The Bertz CT molecular complexity index is 722. The van der Waals surface area contributed by atoms with Crippen LogP contribution in [0.25, 0.3) is 0 Å². The fourth-order valence-corrected chi connectivity index (χ4v) is 3.11. The number of nitrogens with two attached hydrogens (primary N) is 1. The van der Waals surface area contributed by atoms with Crippen molar-refractivity contribution in [3.05, 3.63) is 65.7 Å². The molecule has 5 heteroatoms. The van der Waals surface area contributed by atoms with E-state index >= 15 is 0 Å². The van der Waals surface area contributed by atoms with Crippen molar-refractivity contribution in [3.63, 3.8) is 0 Å². The molecule has 1 unspecified atom stereocenters. The van der Waals surface area contributed by atoms with Gasteiger partial charge in [-0.25, -0.2) is 0 Å². The van der Waals surface area contributed by atoms with Gasteiger partial charge >= 0.3 is 0 Å². The first-order valence-corrected chi connectivity index (χ1v) is 8.64. The van der Waals surface area contributed by atoms with E-state index in [0.717, 1.165) is 31.5 Å². The number of amides is 2. The maximum Gasteiger partial charge on any atom is 0.253 e. The van der Waals surface area contributed by atoms with Gasteiger partial charge in [0.1, 0.15) is 0 Å². The Morgan fingerprint density at radius 2 is 1.64 bits per heavy atom. The summed E-state index contributed by atoms with van der Waals surface area (Å²) in [6.07, 6.45) is 2.14. The topological polar surface area (TPSA) is 75.4 Å². The van der Waals surface area contributed by atoms with Crippen LogP contribution in [0.1, 0.15) is 34.7 Å². The molecule has 0 radical (unpaired) electrons. The Morgan fingerprint density at radius 1 is 1.00 bits per heavy atom. The zero-order chi connectivity index (χ0) is 17.6. The fraction of sp³-hybridized carbons (Fsp3) is 0.300. The lowest BCUT2D eigenvalue weighted by molar-refractivity contribution is -0.117. The van der Waals surface area contributed by atoms with Gasteiger partial charge in [0.15, 0.2) is 0 Å². The van der Waals surface area contributed by atoms with Crippen LogP contribution in [0.3, 0.4) is 0 Å². The molecule has 0 spiro atoms. The van der Waals surface area contributed by atoms with Gasteiger partial charge in [-0.1, -0.05) is 30.3 Å². The number of hydrogen-bond donors (Lipinski definition) is 2. The second-order valence-electron chi connectivity index (χ2n) is 6.26. The van der Waals surface area contributed by atoms with Gasteiger partial charge in [0.2, 0.25) is 5.91 Å². The van der Waals surface area contributed by atoms with Crippen LogP contribution in [-0.2, 0) is 4.79 Å². The molecule has 5 nitrogen and oxygen atoms in total. The molecule has 1 atom stereocenters. The Hall–Kier alpha value is -2.66. The lowest BCUT2D eigenvalue weighted by Crippen LogP contribution is -2.28. The lowest BCUT2D eigenvalue weighted by Gasteiger charge is -2.17. The molecular weight excluding hydrogens is 314 g/mol. The molecule has 1 fully saturated rings. The second kappa shape index (κ2) is 7.94. The van der Waals surface area contributed by atoms with Crippen molar-refractivity contribution in [2.75, 3.05) is 25.0 Å². The van der Waals surface area contributed by atoms with Crippen molar-refractivity contribution in [3.8, 4) is 0 Å².